The molecule has 0 aliphatic heterocycles. The normalized spacial score (nSPS) is 11.9. The SMILES string of the molecule is Cc1c(Cl)cc(Cl)cc1SC(F)(F)F. The lowest BCUT2D eigenvalue weighted by atomic mass is 10.2. The second kappa shape index (κ2) is 4.21. The molecule has 1 aromatic carbocycles. The Morgan fingerprint density at radius 2 is 1.79 bits per heavy atom. The van der Waals surface area contributed by atoms with Crippen LogP contribution >= 0.6 is 35.0 Å². The second-order valence-electron chi connectivity index (χ2n) is 2.56. The van der Waals surface area contributed by atoms with Crippen molar-refractivity contribution in [3.8, 4) is 0 Å². The fourth-order valence-electron chi connectivity index (χ4n) is 0.853. The summed E-state index contributed by atoms with van der Waals surface area (Å²) in [6.07, 6.45) is 0. The fraction of sp³-hybridized carbons (Fsp3) is 0.250. The molecule has 0 heterocycles. The number of halogens is 5. The standard InChI is InChI=1S/C8H5Cl2F3S/c1-4-6(10)2-5(9)3-7(4)14-8(11,12)13/h2-3H,1H3. The summed E-state index contributed by atoms with van der Waals surface area (Å²) in [7, 11) is 0. The van der Waals surface area contributed by atoms with E-state index >= 15 is 0 Å². The maximum Gasteiger partial charge on any atom is 0.446 e. The van der Waals surface area contributed by atoms with Gasteiger partial charge in [-0.2, -0.15) is 13.2 Å². The Morgan fingerprint density at radius 3 is 2.29 bits per heavy atom. The van der Waals surface area contributed by atoms with Gasteiger partial charge in [0.2, 0.25) is 0 Å². The van der Waals surface area contributed by atoms with Crippen molar-refractivity contribution >= 4 is 35.0 Å². The van der Waals surface area contributed by atoms with Crippen molar-refractivity contribution in [1.82, 2.24) is 0 Å². The Morgan fingerprint density at radius 1 is 1.21 bits per heavy atom. The Bertz CT molecular complexity index is 349. The molecule has 0 amide bonds. The molecule has 0 saturated heterocycles. The van der Waals surface area contributed by atoms with Gasteiger partial charge in [0.1, 0.15) is 0 Å². The molecule has 0 aliphatic rings. The molecule has 0 radical (unpaired) electrons. The van der Waals surface area contributed by atoms with Crippen LogP contribution in [0.25, 0.3) is 0 Å². The zero-order valence-electron chi connectivity index (χ0n) is 6.95. The number of benzene rings is 1. The molecule has 0 aliphatic carbocycles. The number of alkyl halides is 3. The molecule has 0 fully saturated rings. The van der Waals surface area contributed by atoms with Gasteiger partial charge in [-0.1, -0.05) is 23.2 Å². The van der Waals surface area contributed by atoms with E-state index in [0.29, 0.717) is 5.56 Å². The monoisotopic (exact) mass is 260 g/mol. The van der Waals surface area contributed by atoms with Crippen LogP contribution in [0.15, 0.2) is 17.0 Å². The van der Waals surface area contributed by atoms with Crippen molar-refractivity contribution in [2.24, 2.45) is 0 Å². The summed E-state index contributed by atoms with van der Waals surface area (Å²) in [5.41, 5.74) is -3.93. The first-order chi connectivity index (χ1) is 6.29. The van der Waals surface area contributed by atoms with E-state index in [4.69, 9.17) is 23.2 Å². The molecule has 0 nitrogen and oxygen atoms in total. The number of hydrogen-bond donors (Lipinski definition) is 0. The number of thioether (sulfide) groups is 1. The van der Waals surface area contributed by atoms with E-state index in [1.54, 1.807) is 0 Å². The van der Waals surface area contributed by atoms with Crippen molar-refractivity contribution in [3.05, 3.63) is 27.7 Å². The van der Waals surface area contributed by atoms with Gasteiger partial charge < -0.3 is 0 Å². The Kier molecular flexibility index (Phi) is 3.61. The molecule has 0 N–H and O–H groups in total. The fourth-order valence-corrected chi connectivity index (χ4v) is 2.17. The van der Waals surface area contributed by atoms with E-state index in [0.717, 1.165) is 0 Å². The molecule has 78 valence electrons. The molecule has 0 unspecified atom stereocenters. The lowest BCUT2D eigenvalue weighted by Crippen LogP contribution is -2.00. The predicted octanol–water partition coefficient (Wildman–Crippen LogP) is 4.91. The van der Waals surface area contributed by atoms with E-state index in [1.165, 1.54) is 19.1 Å². The van der Waals surface area contributed by atoms with Crippen LogP contribution in [0.5, 0.6) is 0 Å². The van der Waals surface area contributed by atoms with Crippen LogP contribution in [-0.2, 0) is 0 Å². The summed E-state index contributed by atoms with van der Waals surface area (Å²) < 4.78 is 36.2. The van der Waals surface area contributed by atoms with Crippen molar-refractivity contribution in [1.29, 1.82) is 0 Å². The lowest BCUT2D eigenvalue weighted by Gasteiger charge is -2.09. The van der Waals surface area contributed by atoms with Crippen molar-refractivity contribution < 1.29 is 13.2 Å². The van der Waals surface area contributed by atoms with E-state index in [-0.39, 0.29) is 26.7 Å². The summed E-state index contributed by atoms with van der Waals surface area (Å²) in [5.74, 6) is 0. The second-order valence-corrected chi connectivity index (χ2v) is 4.51. The summed E-state index contributed by atoms with van der Waals surface area (Å²) in [6, 6.07) is 2.67. The molecule has 0 atom stereocenters. The molecular weight excluding hydrogens is 256 g/mol. The quantitative estimate of drug-likeness (QED) is 0.647. The average Bonchev–Trinajstić information content (AvgIpc) is 1.96. The van der Waals surface area contributed by atoms with Crippen LogP contribution in [0.3, 0.4) is 0 Å². The highest BCUT2D eigenvalue weighted by Gasteiger charge is 2.30. The highest BCUT2D eigenvalue weighted by atomic mass is 35.5. The largest absolute Gasteiger partial charge is 0.446 e. The van der Waals surface area contributed by atoms with Crippen LogP contribution in [0.1, 0.15) is 5.56 Å². The van der Waals surface area contributed by atoms with Gasteiger partial charge in [0.15, 0.2) is 0 Å². The molecule has 0 bridgehead atoms. The van der Waals surface area contributed by atoms with E-state index in [1.807, 2.05) is 0 Å². The third-order valence-corrected chi connectivity index (χ3v) is 2.97. The zero-order chi connectivity index (χ0) is 10.9. The average molecular weight is 261 g/mol. The van der Waals surface area contributed by atoms with Crippen molar-refractivity contribution in [3.63, 3.8) is 0 Å². The van der Waals surface area contributed by atoms with Crippen LogP contribution in [-0.4, -0.2) is 5.51 Å². The van der Waals surface area contributed by atoms with Crippen molar-refractivity contribution in [2.45, 2.75) is 17.3 Å². The smallest absolute Gasteiger partial charge is 0.160 e. The lowest BCUT2D eigenvalue weighted by molar-refractivity contribution is -0.0328. The summed E-state index contributed by atoms with van der Waals surface area (Å²) in [4.78, 5) is 0.0370. The molecule has 1 aromatic rings. The maximum absolute atomic E-state index is 12.1. The molecule has 0 spiro atoms. The van der Waals surface area contributed by atoms with Gasteiger partial charge in [-0.05, 0) is 36.4 Å². The first kappa shape index (κ1) is 12.0. The molecule has 14 heavy (non-hydrogen) atoms. The van der Waals surface area contributed by atoms with Gasteiger partial charge in [-0.25, -0.2) is 0 Å². The van der Waals surface area contributed by atoms with Gasteiger partial charge in [-0.15, -0.1) is 0 Å². The third-order valence-electron chi connectivity index (χ3n) is 1.49. The van der Waals surface area contributed by atoms with Gasteiger partial charge in [0.05, 0.1) is 0 Å². The first-order valence-electron chi connectivity index (χ1n) is 3.51. The van der Waals surface area contributed by atoms with E-state index < -0.39 is 5.51 Å². The highest BCUT2D eigenvalue weighted by Crippen LogP contribution is 2.41. The van der Waals surface area contributed by atoms with Crippen molar-refractivity contribution in [2.75, 3.05) is 0 Å². The van der Waals surface area contributed by atoms with Gasteiger partial charge in [0.25, 0.3) is 0 Å². The summed E-state index contributed by atoms with van der Waals surface area (Å²) in [5, 5.41) is 0.441. The zero-order valence-corrected chi connectivity index (χ0v) is 9.28. The Balaban J connectivity index is 3.09. The third kappa shape index (κ3) is 3.26. The minimum absolute atomic E-state index is 0.0370. The minimum atomic E-state index is -4.32. The maximum atomic E-state index is 12.1. The first-order valence-corrected chi connectivity index (χ1v) is 5.08. The van der Waals surface area contributed by atoms with Crippen LogP contribution in [0.2, 0.25) is 10.0 Å². The van der Waals surface area contributed by atoms with Crippen LogP contribution < -0.4 is 0 Å². The molecule has 0 aromatic heterocycles. The van der Waals surface area contributed by atoms with E-state index in [2.05, 4.69) is 0 Å². The molecule has 1 rings (SSSR count). The molecule has 0 saturated carbocycles. The molecule has 6 heteroatoms. The van der Waals surface area contributed by atoms with Gasteiger partial charge in [-0.3, -0.25) is 0 Å². The van der Waals surface area contributed by atoms with Crippen LogP contribution in [0.4, 0.5) is 13.2 Å². The van der Waals surface area contributed by atoms with E-state index in [9.17, 15) is 13.2 Å². The highest BCUT2D eigenvalue weighted by molar-refractivity contribution is 8.00. The Labute approximate surface area is 93.4 Å². The van der Waals surface area contributed by atoms with Crippen LogP contribution in [0, 0.1) is 6.92 Å². The summed E-state index contributed by atoms with van der Waals surface area (Å²) >= 11 is 11.1. The van der Waals surface area contributed by atoms with Gasteiger partial charge in [0, 0.05) is 14.9 Å². The summed E-state index contributed by atoms with van der Waals surface area (Å²) in [6.45, 7) is 1.52. The van der Waals surface area contributed by atoms with Gasteiger partial charge >= 0.3 is 5.51 Å². The number of rotatable bonds is 1. The predicted molar refractivity (Wildman–Crippen MR) is 53.1 cm³/mol. The number of hydrogen-bond acceptors (Lipinski definition) is 1. The molecular formula is C8H5Cl2F3S. The Hall–Kier alpha value is -0.0600. The topological polar surface area (TPSA) is 0 Å². The minimum Gasteiger partial charge on any atom is -0.160 e.